The molecule has 1 aliphatic rings. The molecule has 13 heavy (non-hydrogen) atoms. The highest BCUT2D eigenvalue weighted by Gasteiger charge is 2.40. The molecule has 3 unspecified atom stereocenters. The fourth-order valence-corrected chi connectivity index (χ4v) is 2.35. The second-order valence-corrected chi connectivity index (χ2v) is 4.08. The van der Waals surface area contributed by atoms with Gasteiger partial charge in [0.05, 0.1) is 5.92 Å². The van der Waals surface area contributed by atoms with E-state index in [0.717, 1.165) is 19.1 Å². The highest BCUT2D eigenvalue weighted by Crippen LogP contribution is 2.40. The molecule has 1 aliphatic carbocycles. The normalized spacial score (nSPS) is 35.7. The Morgan fingerprint density at radius 1 is 1.54 bits per heavy atom. The molecule has 0 aromatic carbocycles. The fraction of sp³-hybridized carbons (Fsp3) is 0.800. The van der Waals surface area contributed by atoms with E-state index in [-0.39, 0.29) is 23.7 Å². The van der Waals surface area contributed by atoms with Gasteiger partial charge in [0.2, 0.25) is 0 Å². The maximum Gasteiger partial charge on any atom is 0.307 e. The molecule has 3 nitrogen and oxygen atoms in total. The van der Waals surface area contributed by atoms with Crippen LogP contribution in [0.25, 0.3) is 0 Å². The van der Waals surface area contributed by atoms with Crippen LogP contribution in [0.2, 0.25) is 0 Å². The lowest BCUT2D eigenvalue weighted by atomic mass is 9.83. The number of carbonyl (C=O) groups excluding carboxylic acids is 1. The van der Waals surface area contributed by atoms with Crippen molar-refractivity contribution >= 4 is 12.3 Å². The smallest absolute Gasteiger partial charge is 0.307 e. The third kappa shape index (κ3) is 1.90. The molecule has 0 radical (unpaired) electrons. The van der Waals surface area contributed by atoms with Crippen molar-refractivity contribution in [2.45, 2.75) is 26.7 Å². The van der Waals surface area contributed by atoms with E-state index in [1.54, 1.807) is 0 Å². The zero-order valence-electron chi connectivity index (χ0n) is 8.06. The van der Waals surface area contributed by atoms with Gasteiger partial charge in [-0.25, -0.2) is 0 Å². The van der Waals surface area contributed by atoms with E-state index in [2.05, 4.69) is 0 Å². The average molecular weight is 184 g/mol. The van der Waals surface area contributed by atoms with Crippen LogP contribution >= 0.6 is 0 Å². The second-order valence-electron chi connectivity index (χ2n) is 4.08. The van der Waals surface area contributed by atoms with Crippen molar-refractivity contribution < 1.29 is 14.7 Å². The topological polar surface area (TPSA) is 54.4 Å². The van der Waals surface area contributed by atoms with E-state index < -0.39 is 5.97 Å². The number of hydrogen-bond donors (Lipinski definition) is 1. The summed E-state index contributed by atoms with van der Waals surface area (Å²) in [5, 5.41) is 8.98. The van der Waals surface area contributed by atoms with Crippen LogP contribution < -0.4 is 0 Å². The van der Waals surface area contributed by atoms with Gasteiger partial charge in [0.1, 0.15) is 6.29 Å². The molecule has 0 saturated heterocycles. The zero-order valence-corrected chi connectivity index (χ0v) is 8.06. The lowest BCUT2D eigenvalue weighted by Gasteiger charge is -2.20. The summed E-state index contributed by atoms with van der Waals surface area (Å²) in [6.07, 6.45) is 2.68. The van der Waals surface area contributed by atoms with Crippen molar-refractivity contribution in [3.63, 3.8) is 0 Å². The lowest BCUT2D eigenvalue weighted by molar-refractivity contribution is -0.145. The SMILES string of the molecule is CC1CCC([C@@H](C)C=O)C1C(=O)O. The van der Waals surface area contributed by atoms with Gasteiger partial charge in [0.15, 0.2) is 0 Å². The van der Waals surface area contributed by atoms with Gasteiger partial charge >= 0.3 is 5.97 Å². The van der Waals surface area contributed by atoms with Crippen LogP contribution in [0.3, 0.4) is 0 Å². The summed E-state index contributed by atoms with van der Waals surface area (Å²) in [5.74, 6) is -0.926. The number of hydrogen-bond acceptors (Lipinski definition) is 2. The van der Waals surface area contributed by atoms with Crippen LogP contribution in [0.5, 0.6) is 0 Å². The summed E-state index contributed by atoms with van der Waals surface area (Å²) in [5.41, 5.74) is 0. The molecule has 1 N–H and O–H groups in total. The van der Waals surface area contributed by atoms with Gasteiger partial charge in [0.25, 0.3) is 0 Å². The second kappa shape index (κ2) is 3.90. The molecule has 74 valence electrons. The molecule has 1 saturated carbocycles. The molecular formula is C10H16O3. The summed E-state index contributed by atoms with van der Waals surface area (Å²) < 4.78 is 0. The number of carbonyl (C=O) groups is 2. The van der Waals surface area contributed by atoms with Crippen LogP contribution in [-0.4, -0.2) is 17.4 Å². The summed E-state index contributed by atoms with van der Waals surface area (Å²) in [7, 11) is 0. The zero-order chi connectivity index (χ0) is 10.0. The molecule has 3 heteroatoms. The van der Waals surface area contributed by atoms with Crippen molar-refractivity contribution in [1.29, 1.82) is 0 Å². The van der Waals surface area contributed by atoms with Gasteiger partial charge in [-0.3, -0.25) is 4.79 Å². The van der Waals surface area contributed by atoms with Gasteiger partial charge in [-0.2, -0.15) is 0 Å². The summed E-state index contributed by atoms with van der Waals surface area (Å²) >= 11 is 0. The van der Waals surface area contributed by atoms with Crippen molar-refractivity contribution in [2.24, 2.45) is 23.7 Å². The molecule has 0 amide bonds. The standard InChI is InChI=1S/C10H16O3/c1-6-3-4-8(7(2)5-11)9(6)10(12)13/h5-9H,3-4H2,1-2H3,(H,12,13)/t6?,7-,8?,9?/m0/s1. The molecule has 0 bridgehead atoms. The summed E-state index contributed by atoms with van der Waals surface area (Å²) in [6, 6.07) is 0. The Morgan fingerprint density at radius 2 is 2.15 bits per heavy atom. The first-order chi connectivity index (χ1) is 6.07. The van der Waals surface area contributed by atoms with E-state index in [0.29, 0.717) is 0 Å². The van der Waals surface area contributed by atoms with E-state index in [1.165, 1.54) is 0 Å². The molecular weight excluding hydrogens is 168 g/mol. The molecule has 0 aromatic rings. The Hall–Kier alpha value is -0.860. The Kier molecular flexibility index (Phi) is 3.07. The third-order valence-corrected chi connectivity index (χ3v) is 3.20. The monoisotopic (exact) mass is 184 g/mol. The quantitative estimate of drug-likeness (QED) is 0.677. The molecule has 0 aliphatic heterocycles. The Balaban J connectivity index is 2.75. The van der Waals surface area contributed by atoms with Crippen LogP contribution in [-0.2, 0) is 9.59 Å². The van der Waals surface area contributed by atoms with Crippen molar-refractivity contribution in [2.75, 3.05) is 0 Å². The van der Waals surface area contributed by atoms with Gasteiger partial charge in [0, 0.05) is 5.92 Å². The van der Waals surface area contributed by atoms with E-state index in [9.17, 15) is 9.59 Å². The molecule has 1 fully saturated rings. The minimum Gasteiger partial charge on any atom is -0.481 e. The molecule has 0 aromatic heterocycles. The highest BCUT2D eigenvalue weighted by molar-refractivity contribution is 5.72. The lowest BCUT2D eigenvalue weighted by Crippen LogP contribution is -2.27. The Labute approximate surface area is 78.1 Å². The molecule has 0 spiro atoms. The van der Waals surface area contributed by atoms with Crippen LogP contribution in [0.4, 0.5) is 0 Å². The molecule has 1 rings (SSSR count). The van der Waals surface area contributed by atoms with Gasteiger partial charge in [-0.05, 0) is 24.7 Å². The number of carboxylic acids is 1. The van der Waals surface area contributed by atoms with Crippen molar-refractivity contribution in [3.05, 3.63) is 0 Å². The van der Waals surface area contributed by atoms with Gasteiger partial charge in [-0.1, -0.05) is 13.8 Å². The maximum atomic E-state index is 10.9. The first-order valence-electron chi connectivity index (χ1n) is 4.76. The van der Waals surface area contributed by atoms with Crippen LogP contribution in [0, 0.1) is 23.7 Å². The Morgan fingerprint density at radius 3 is 2.62 bits per heavy atom. The van der Waals surface area contributed by atoms with Crippen molar-refractivity contribution in [3.8, 4) is 0 Å². The fourth-order valence-electron chi connectivity index (χ4n) is 2.35. The minimum atomic E-state index is -0.747. The molecule has 4 atom stereocenters. The molecule has 0 heterocycles. The van der Waals surface area contributed by atoms with E-state index in [4.69, 9.17) is 5.11 Å². The van der Waals surface area contributed by atoms with Crippen LogP contribution in [0.1, 0.15) is 26.7 Å². The number of aldehydes is 1. The van der Waals surface area contributed by atoms with E-state index in [1.807, 2.05) is 13.8 Å². The third-order valence-electron chi connectivity index (χ3n) is 3.20. The highest BCUT2D eigenvalue weighted by atomic mass is 16.4. The number of carboxylic acid groups (broad SMARTS) is 1. The predicted molar refractivity (Wildman–Crippen MR) is 48.2 cm³/mol. The van der Waals surface area contributed by atoms with Gasteiger partial charge in [-0.15, -0.1) is 0 Å². The van der Waals surface area contributed by atoms with Crippen LogP contribution in [0.15, 0.2) is 0 Å². The predicted octanol–water partition coefficient (Wildman–Crippen LogP) is 1.57. The maximum absolute atomic E-state index is 10.9. The van der Waals surface area contributed by atoms with Crippen molar-refractivity contribution in [1.82, 2.24) is 0 Å². The Bertz CT molecular complexity index is 212. The summed E-state index contributed by atoms with van der Waals surface area (Å²) in [4.78, 5) is 21.5. The number of aliphatic carboxylic acids is 1. The van der Waals surface area contributed by atoms with E-state index >= 15 is 0 Å². The average Bonchev–Trinajstić information content (AvgIpc) is 2.45. The largest absolute Gasteiger partial charge is 0.481 e. The summed E-state index contributed by atoms with van der Waals surface area (Å²) in [6.45, 7) is 3.77. The first-order valence-corrected chi connectivity index (χ1v) is 4.76. The first kappa shape index (κ1) is 10.2. The minimum absolute atomic E-state index is 0.0463. The number of rotatable bonds is 3. The van der Waals surface area contributed by atoms with Gasteiger partial charge < -0.3 is 9.90 Å².